The molecule has 1 saturated heterocycles. The van der Waals surface area contributed by atoms with Crippen LogP contribution in [0, 0.1) is 13.8 Å². The maximum atomic E-state index is 13.3. The Morgan fingerprint density at radius 3 is 2.79 bits per heavy atom. The molecule has 3 aromatic rings. The molecule has 0 N–H and O–H groups in total. The third-order valence-corrected chi connectivity index (χ3v) is 6.09. The molecule has 1 atom stereocenters. The Hall–Kier alpha value is -2.64. The van der Waals surface area contributed by atoms with Gasteiger partial charge in [0.05, 0.1) is 24.4 Å². The van der Waals surface area contributed by atoms with Crippen LogP contribution in [0.3, 0.4) is 0 Å². The lowest BCUT2D eigenvalue weighted by Gasteiger charge is -2.33. The minimum Gasteiger partial charge on any atom is -0.370 e. The van der Waals surface area contributed by atoms with Crippen LogP contribution in [0.15, 0.2) is 58.2 Å². The molecular formula is C22H23N3O3S. The lowest BCUT2D eigenvalue weighted by atomic mass is 10.1. The number of pyridine rings is 1. The highest BCUT2D eigenvalue weighted by Crippen LogP contribution is 2.29. The summed E-state index contributed by atoms with van der Waals surface area (Å²) in [5.74, 6) is 1.45. The maximum absolute atomic E-state index is 13.3. The standard InChI is InChI=1S/C22H23N3O3S/c1-15-19(16(2)28-24-15)14-29-21-18(9-6-10-23-21)22(26)25-11-12-27-20(13-25)17-7-4-3-5-8-17/h3-10,20H,11-14H2,1-2H3/t20-/m0/s1. The Labute approximate surface area is 174 Å². The number of benzene rings is 1. The molecule has 1 aliphatic heterocycles. The summed E-state index contributed by atoms with van der Waals surface area (Å²) in [7, 11) is 0. The van der Waals surface area contributed by atoms with Crippen molar-refractivity contribution >= 4 is 17.7 Å². The molecule has 3 heterocycles. The Morgan fingerprint density at radius 1 is 1.21 bits per heavy atom. The van der Waals surface area contributed by atoms with Crippen molar-refractivity contribution in [2.24, 2.45) is 0 Å². The quantitative estimate of drug-likeness (QED) is 0.589. The number of ether oxygens (including phenoxy) is 1. The van der Waals surface area contributed by atoms with Gasteiger partial charge in [0.25, 0.3) is 5.91 Å². The zero-order valence-electron chi connectivity index (χ0n) is 16.5. The number of aryl methyl sites for hydroxylation is 2. The number of hydrogen-bond donors (Lipinski definition) is 0. The van der Waals surface area contributed by atoms with Crippen LogP contribution in [0.5, 0.6) is 0 Å². The van der Waals surface area contributed by atoms with Gasteiger partial charge in [0, 0.05) is 24.1 Å². The summed E-state index contributed by atoms with van der Waals surface area (Å²) in [6.45, 7) is 5.45. The first-order valence-electron chi connectivity index (χ1n) is 9.59. The highest BCUT2D eigenvalue weighted by Gasteiger charge is 2.27. The third-order valence-electron chi connectivity index (χ3n) is 5.06. The van der Waals surface area contributed by atoms with Gasteiger partial charge in [0.2, 0.25) is 0 Å². The van der Waals surface area contributed by atoms with Gasteiger partial charge < -0.3 is 14.2 Å². The van der Waals surface area contributed by atoms with Crippen molar-refractivity contribution in [3.05, 3.63) is 76.8 Å². The van der Waals surface area contributed by atoms with E-state index in [0.29, 0.717) is 31.0 Å². The van der Waals surface area contributed by atoms with Gasteiger partial charge in [-0.05, 0) is 31.5 Å². The summed E-state index contributed by atoms with van der Waals surface area (Å²) < 4.78 is 11.1. The lowest BCUT2D eigenvalue weighted by Crippen LogP contribution is -2.42. The molecule has 2 aromatic heterocycles. The first-order valence-corrected chi connectivity index (χ1v) is 10.6. The van der Waals surface area contributed by atoms with Gasteiger partial charge in [0.15, 0.2) is 0 Å². The Kier molecular flexibility index (Phi) is 5.97. The van der Waals surface area contributed by atoms with E-state index >= 15 is 0 Å². The zero-order valence-corrected chi connectivity index (χ0v) is 17.3. The van der Waals surface area contributed by atoms with Gasteiger partial charge >= 0.3 is 0 Å². The summed E-state index contributed by atoms with van der Waals surface area (Å²) in [5, 5.41) is 4.72. The summed E-state index contributed by atoms with van der Waals surface area (Å²) >= 11 is 1.53. The fourth-order valence-electron chi connectivity index (χ4n) is 3.39. The summed E-state index contributed by atoms with van der Waals surface area (Å²) in [6, 6.07) is 13.7. The summed E-state index contributed by atoms with van der Waals surface area (Å²) in [4.78, 5) is 19.6. The van der Waals surface area contributed by atoms with Crippen molar-refractivity contribution in [3.63, 3.8) is 0 Å². The van der Waals surface area contributed by atoms with Crippen molar-refractivity contribution in [2.45, 2.75) is 30.7 Å². The predicted molar refractivity (Wildman–Crippen MR) is 111 cm³/mol. The highest BCUT2D eigenvalue weighted by molar-refractivity contribution is 7.98. The zero-order chi connectivity index (χ0) is 20.2. The van der Waals surface area contributed by atoms with Gasteiger partial charge in [0.1, 0.15) is 16.9 Å². The number of nitrogens with zero attached hydrogens (tertiary/aromatic N) is 3. The smallest absolute Gasteiger partial charge is 0.256 e. The third kappa shape index (κ3) is 4.36. The van der Waals surface area contributed by atoms with Gasteiger partial charge in [-0.1, -0.05) is 35.5 Å². The first-order chi connectivity index (χ1) is 14.1. The molecule has 1 aliphatic rings. The van der Waals surface area contributed by atoms with Crippen LogP contribution in [0.1, 0.15) is 39.0 Å². The first kappa shape index (κ1) is 19.7. The number of carbonyl (C=O) groups excluding carboxylic acids is 1. The van der Waals surface area contributed by atoms with Gasteiger partial charge in [-0.2, -0.15) is 0 Å². The largest absolute Gasteiger partial charge is 0.370 e. The number of aromatic nitrogens is 2. The number of rotatable bonds is 5. The van der Waals surface area contributed by atoms with Gasteiger partial charge in [-0.15, -0.1) is 11.8 Å². The molecule has 7 heteroatoms. The van der Waals surface area contributed by atoms with E-state index in [2.05, 4.69) is 10.1 Å². The van der Waals surface area contributed by atoms with Crippen LogP contribution in [-0.2, 0) is 10.5 Å². The van der Waals surface area contributed by atoms with Crippen molar-refractivity contribution in [1.29, 1.82) is 0 Å². The SMILES string of the molecule is Cc1noc(C)c1CSc1ncccc1C(=O)N1CCO[C@H](c2ccccc2)C1. The van der Waals surface area contributed by atoms with Crippen molar-refractivity contribution in [2.75, 3.05) is 19.7 Å². The molecule has 0 spiro atoms. The Morgan fingerprint density at radius 2 is 2.03 bits per heavy atom. The van der Waals surface area contributed by atoms with E-state index in [1.165, 1.54) is 11.8 Å². The fraction of sp³-hybridized carbons (Fsp3) is 0.318. The highest BCUT2D eigenvalue weighted by atomic mass is 32.2. The average Bonchev–Trinajstić information content (AvgIpc) is 3.10. The van der Waals surface area contributed by atoms with Crippen LogP contribution in [0.25, 0.3) is 0 Å². The van der Waals surface area contributed by atoms with Crippen LogP contribution in [-0.4, -0.2) is 40.6 Å². The number of thioether (sulfide) groups is 1. The minimum absolute atomic E-state index is 0.0106. The molecule has 1 aromatic carbocycles. The lowest BCUT2D eigenvalue weighted by molar-refractivity contribution is -0.0229. The summed E-state index contributed by atoms with van der Waals surface area (Å²) in [6.07, 6.45) is 1.61. The molecule has 1 fully saturated rings. The second-order valence-corrected chi connectivity index (χ2v) is 7.93. The van der Waals surface area contributed by atoms with E-state index in [4.69, 9.17) is 9.26 Å². The normalized spacial score (nSPS) is 16.8. The maximum Gasteiger partial charge on any atom is 0.256 e. The van der Waals surface area contributed by atoms with E-state index in [-0.39, 0.29) is 12.0 Å². The summed E-state index contributed by atoms with van der Waals surface area (Å²) in [5.41, 5.74) is 3.63. The van der Waals surface area contributed by atoms with E-state index < -0.39 is 0 Å². The minimum atomic E-state index is -0.107. The van der Waals surface area contributed by atoms with Crippen LogP contribution in [0.4, 0.5) is 0 Å². The molecule has 6 nitrogen and oxygen atoms in total. The molecule has 0 radical (unpaired) electrons. The number of carbonyl (C=O) groups is 1. The second-order valence-electron chi connectivity index (χ2n) is 6.97. The van der Waals surface area contributed by atoms with E-state index in [1.807, 2.05) is 61.2 Å². The molecular weight excluding hydrogens is 386 g/mol. The monoisotopic (exact) mass is 409 g/mol. The van der Waals surface area contributed by atoms with Crippen molar-refractivity contribution in [3.8, 4) is 0 Å². The van der Waals surface area contributed by atoms with E-state index in [1.54, 1.807) is 6.20 Å². The Balaban J connectivity index is 1.50. The fourth-order valence-corrected chi connectivity index (χ4v) is 4.53. The molecule has 150 valence electrons. The molecule has 0 unspecified atom stereocenters. The predicted octanol–water partition coefficient (Wildman–Crippen LogP) is 4.19. The molecule has 0 bridgehead atoms. The molecule has 1 amide bonds. The second kappa shape index (κ2) is 8.80. The molecule has 0 aliphatic carbocycles. The van der Waals surface area contributed by atoms with Crippen molar-refractivity contribution < 1.29 is 14.1 Å². The molecule has 0 saturated carbocycles. The van der Waals surface area contributed by atoms with Gasteiger partial charge in [-0.25, -0.2) is 4.98 Å². The van der Waals surface area contributed by atoms with Crippen molar-refractivity contribution in [1.82, 2.24) is 15.0 Å². The topological polar surface area (TPSA) is 68.5 Å². The number of morpholine rings is 1. The average molecular weight is 410 g/mol. The molecule has 4 rings (SSSR count). The van der Waals surface area contributed by atoms with Crippen LogP contribution in [0.2, 0.25) is 0 Å². The van der Waals surface area contributed by atoms with Crippen LogP contribution >= 0.6 is 11.8 Å². The number of amides is 1. The number of hydrogen-bond acceptors (Lipinski definition) is 6. The van der Waals surface area contributed by atoms with Gasteiger partial charge in [-0.3, -0.25) is 4.79 Å². The Bertz CT molecular complexity index is 970. The molecule has 29 heavy (non-hydrogen) atoms. The van der Waals surface area contributed by atoms with E-state index in [9.17, 15) is 4.79 Å². The van der Waals surface area contributed by atoms with E-state index in [0.717, 1.165) is 27.6 Å². The van der Waals surface area contributed by atoms with Crippen LogP contribution < -0.4 is 0 Å².